The summed E-state index contributed by atoms with van der Waals surface area (Å²) < 4.78 is 16.9. The maximum atomic E-state index is 12.9. The van der Waals surface area contributed by atoms with Crippen molar-refractivity contribution < 1.29 is 28.6 Å². The summed E-state index contributed by atoms with van der Waals surface area (Å²) in [7, 11) is 0. The third kappa shape index (κ3) is 66.2. The van der Waals surface area contributed by atoms with E-state index in [1.807, 2.05) is 0 Å². The first-order valence-corrected chi connectivity index (χ1v) is 35.6. The number of rotatable bonds is 66. The topological polar surface area (TPSA) is 78.9 Å². The van der Waals surface area contributed by atoms with Gasteiger partial charge < -0.3 is 14.2 Å². The van der Waals surface area contributed by atoms with Crippen LogP contribution in [-0.2, 0) is 28.6 Å². The highest BCUT2D eigenvalue weighted by Gasteiger charge is 2.19. The molecule has 0 heterocycles. The summed E-state index contributed by atoms with van der Waals surface area (Å²) in [4.78, 5) is 38.3. The van der Waals surface area contributed by atoms with Crippen molar-refractivity contribution in [2.45, 2.75) is 393 Å². The highest BCUT2D eigenvalue weighted by Crippen LogP contribution is 2.18. The summed E-state index contributed by atoms with van der Waals surface area (Å²) in [6.45, 7) is 6.64. The molecule has 80 heavy (non-hydrogen) atoms. The first kappa shape index (κ1) is 77.4. The van der Waals surface area contributed by atoms with Crippen molar-refractivity contribution in [2.24, 2.45) is 0 Å². The van der Waals surface area contributed by atoms with Gasteiger partial charge in [0.05, 0.1) is 0 Å². The Kier molecular flexibility index (Phi) is 66.6. The number of ether oxygens (including phenoxy) is 3. The Morgan fingerprint density at radius 3 is 0.713 bits per heavy atom. The van der Waals surface area contributed by atoms with Gasteiger partial charge in [-0.3, -0.25) is 14.4 Å². The van der Waals surface area contributed by atoms with Crippen LogP contribution in [0.2, 0.25) is 0 Å². The van der Waals surface area contributed by atoms with E-state index in [0.29, 0.717) is 19.3 Å². The lowest BCUT2D eigenvalue weighted by Crippen LogP contribution is -2.30. The molecule has 6 heteroatoms. The van der Waals surface area contributed by atoms with Gasteiger partial charge in [-0.1, -0.05) is 333 Å². The van der Waals surface area contributed by atoms with Gasteiger partial charge in [0.1, 0.15) is 13.2 Å². The van der Waals surface area contributed by atoms with Crippen LogP contribution in [-0.4, -0.2) is 37.2 Å². The second-order valence-corrected chi connectivity index (χ2v) is 24.1. The molecule has 468 valence electrons. The molecule has 0 fully saturated rings. The predicted molar refractivity (Wildman–Crippen MR) is 349 cm³/mol. The smallest absolute Gasteiger partial charge is 0.306 e. The van der Waals surface area contributed by atoms with Crippen LogP contribution in [0.4, 0.5) is 0 Å². The Bertz CT molecular complexity index is 1380. The van der Waals surface area contributed by atoms with Gasteiger partial charge in [-0.25, -0.2) is 0 Å². The molecule has 0 spiro atoms. The van der Waals surface area contributed by atoms with Gasteiger partial charge in [0.15, 0.2) is 6.10 Å². The first-order valence-electron chi connectivity index (χ1n) is 35.6. The van der Waals surface area contributed by atoms with Crippen LogP contribution < -0.4 is 0 Å². The fourth-order valence-electron chi connectivity index (χ4n) is 10.7. The van der Waals surface area contributed by atoms with Gasteiger partial charge in [0, 0.05) is 19.3 Å². The van der Waals surface area contributed by atoms with E-state index in [-0.39, 0.29) is 31.1 Å². The molecule has 0 aliphatic heterocycles. The van der Waals surface area contributed by atoms with Crippen LogP contribution in [0.1, 0.15) is 387 Å². The van der Waals surface area contributed by atoms with Crippen LogP contribution in [0.15, 0.2) is 48.6 Å². The summed E-state index contributed by atoms with van der Waals surface area (Å²) in [5, 5.41) is 0. The van der Waals surface area contributed by atoms with E-state index in [2.05, 4.69) is 69.4 Å². The van der Waals surface area contributed by atoms with E-state index in [4.69, 9.17) is 14.2 Å². The molecule has 0 saturated carbocycles. The molecule has 0 radical (unpaired) electrons. The van der Waals surface area contributed by atoms with Crippen molar-refractivity contribution in [1.82, 2.24) is 0 Å². The molecule has 0 aliphatic rings. The quantitative estimate of drug-likeness (QED) is 0.0261. The molecule has 0 aromatic rings. The molecule has 0 aromatic heterocycles. The Morgan fingerprint density at radius 1 is 0.250 bits per heavy atom. The lowest BCUT2D eigenvalue weighted by molar-refractivity contribution is -0.167. The van der Waals surface area contributed by atoms with Gasteiger partial charge >= 0.3 is 17.9 Å². The minimum Gasteiger partial charge on any atom is -0.462 e. The summed E-state index contributed by atoms with van der Waals surface area (Å²) >= 11 is 0. The molecular weight excluding hydrogens is 985 g/mol. The first-order chi connectivity index (χ1) is 39.5. The Hall–Kier alpha value is -2.63. The van der Waals surface area contributed by atoms with E-state index in [9.17, 15) is 14.4 Å². The Labute approximate surface area is 498 Å². The molecule has 0 N–H and O–H groups in total. The molecule has 0 aromatic carbocycles. The maximum Gasteiger partial charge on any atom is 0.306 e. The zero-order chi connectivity index (χ0) is 57.8. The van der Waals surface area contributed by atoms with Crippen LogP contribution in [0, 0.1) is 0 Å². The molecule has 1 unspecified atom stereocenters. The number of esters is 3. The average molecular weight is 1120 g/mol. The van der Waals surface area contributed by atoms with Crippen molar-refractivity contribution in [2.75, 3.05) is 13.2 Å². The summed E-state index contributed by atoms with van der Waals surface area (Å²) in [5.74, 6) is -0.857. The highest BCUT2D eigenvalue weighted by molar-refractivity contribution is 5.71. The third-order valence-electron chi connectivity index (χ3n) is 16.1. The van der Waals surface area contributed by atoms with Crippen molar-refractivity contribution in [3.05, 3.63) is 48.6 Å². The number of carbonyl (C=O) groups is 3. The largest absolute Gasteiger partial charge is 0.462 e. The molecule has 1 atom stereocenters. The standard InChI is InChI=1S/C74H136O6/c1-4-7-10-13-16-19-22-24-26-28-29-30-31-32-33-34-35-36-37-38-39-40-41-42-43-44-45-47-48-50-52-55-58-61-64-67-73(76)79-70-71(69-78-72(75)66-63-60-57-54-21-18-15-12-9-6-3)80-74(77)68-65-62-59-56-53-51-49-46-27-25-23-20-17-14-11-8-5-2/h17,20,22,24-25,27-29,71H,4-16,18-19,21,23,26,30-70H2,1-3H3/b20-17-,24-22-,27-25-,29-28-. The third-order valence-corrected chi connectivity index (χ3v) is 16.1. The van der Waals surface area contributed by atoms with E-state index >= 15 is 0 Å². The molecule has 0 saturated heterocycles. The Balaban J connectivity index is 4.02. The fraction of sp³-hybridized carbons (Fsp3) is 0.851. The summed E-state index contributed by atoms with van der Waals surface area (Å²) in [5.41, 5.74) is 0. The number of hydrogen-bond donors (Lipinski definition) is 0. The molecule has 0 amide bonds. The van der Waals surface area contributed by atoms with Crippen molar-refractivity contribution in [1.29, 1.82) is 0 Å². The normalized spacial score (nSPS) is 12.3. The van der Waals surface area contributed by atoms with Crippen molar-refractivity contribution in [3.63, 3.8) is 0 Å². The average Bonchev–Trinajstić information content (AvgIpc) is 3.46. The van der Waals surface area contributed by atoms with Crippen molar-refractivity contribution >= 4 is 17.9 Å². The van der Waals surface area contributed by atoms with E-state index in [1.54, 1.807) is 0 Å². The number of allylic oxidation sites excluding steroid dienone is 8. The van der Waals surface area contributed by atoms with Crippen LogP contribution in [0.5, 0.6) is 0 Å². The van der Waals surface area contributed by atoms with E-state index in [0.717, 1.165) is 77.0 Å². The van der Waals surface area contributed by atoms with Gasteiger partial charge in [-0.2, -0.15) is 0 Å². The monoisotopic (exact) mass is 1120 g/mol. The second kappa shape index (κ2) is 68.9. The lowest BCUT2D eigenvalue weighted by atomic mass is 10.0. The fourth-order valence-corrected chi connectivity index (χ4v) is 10.7. The summed E-state index contributed by atoms with van der Waals surface area (Å²) in [6.07, 6.45) is 87.4. The molecule has 0 rings (SSSR count). The molecule has 0 bridgehead atoms. The Morgan fingerprint density at radius 2 is 0.450 bits per heavy atom. The summed E-state index contributed by atoms with van der Waals surface area (Å²) in [6, 6.07) is 0. The number of hydrogen-bond acceptors (Lipinski definition) is 6. The van der Waals surface area contributed by atoms with Crippen LogP contribution in [0.25, 0.3) is 0 Å². The zero-order valence-electron chi connectivity index (χ0n) is 53.9. The molecular formula is C74H136O6. The zero-order valence-corrected chi connectivity index (χ0v) is 53.9. The second-order valence-electron chi connectivity index (χ2n) is 24.1. The van der Waals surface area contributed by atoms with E-state index in [1.165, 1.54) is 270 Å². The minimum absolute atomic E-state index is 0.0708. The highest BCUT2D eigenvalue weighted by atomic mass is 16.6. The minimum atomic E-state index is -0.773. The van der Waals surface area contributed by atoms with Gasteiger partial charge in [0.25, 0.3) is 0 Å². The predicted octanol–water partition coefficient (Wildman–Crippen LogP) is 24.5. The van der Waals surface area contributed by atoms with Crippen LogP contribution in [0.3, 0.4) is 0 Å². The number of unbranched alkanes of at least 4 members (excludes halogenated alkanes) is 47. The van der Waals surface area contributed by atoms with Gasteiger partial charge in [-0.05, 0) is 83.5 Å². The lowest BCUT2D eigenvalue weighted by Gasteiger charge is -2.18. The van der Waals surface area contributed by atoms with E-state index < -0.39 is 6.10 Å². The number of carbonyl (C=O) groups excluding carboxylic acids is 3. The molecule has 0 aliphatic carbocycles. The van der Waals surface area contributed by atoms with Crippen molar-refractivity contribution in [3.8, 4) is 0 Å². The SMILES string of the molecule is CCCCC/C=C\C/C=C\CCCCCCCCCC(=O)OC(COC(=O)CCCCCCCCCCCC)COC(=O)CCCCCCCCCCCCCCCCCCCCCCCCC/C=C\C/C=C\CCCCCCC. The van der Waals surface area contributed by atoms with Gasteiger partial charge in [0.2, 0.25) is 0 Å². The maximum absolute atomic E-state index is 12.9. The van der Waals surface area contributed by atoms with Crippen LogP contribution >= 0.6 is 0 Å². The van der Waals surface area contributed by atoms with Gasteiger partial charge in [-0.15, -0.1) is 0 Å². The molecule has 6 nitrogen and oxygen atoms in total.